The summed E-state index contributed by atoms with van der Waals surface area (Å²) in [6.07, 6.45) is 6.16. The quantitative estimate of drug-likeness (QED) is 0.409. The third kappa shape index (κ3) is 4.90. The summed E-state index contributed by atoms with van der Waals surface area (Å²) < 4.78 is 5.61. The second-order valence-corrected chi connectivity index (χ2v) is 8.85. The molecule has 8 heteroatoms. The van der Waals surface area contributed by atoms with Crippen molar-refractivity contribution in [1.29, 1.82) is 0 Å². The zero-order valence-corrected chi connectivity index (χ0v) is 18.9. The average molecular weight is 461 g/mol. The van der Waals surface area contributed by atoms with Crippen molar-refractivity contribution in [3.05, 3.63) is 76.2 Å². The topological polar surface area (TPSA) is 116 Å². The van der Waals surface area contributed by atoms with E-state index < -0.39 is 12.0 Å². The number of fused-ring (bicyclic) bond motifs is 2. The number of amides is 1. The standard InChI is InChI=1S/C26H28N4O4/c31-24(32)14-21(19-5-4-17-9-11-34-23(17)13-19)30-26(33)22-12-16(15-28-22)3-7-20-8-6-18-2-1-10-27-25(18)29-20/h4-6,8,12-13,15,21,28H,1-3,7,9-11,14H2,(H,27,29)(H,30,33)(H,31,32)/t21-/m0/s1. The van der Waals surface area contributed by atoms with Crippen LogP contribution in [0.15, 0.2) is 42.6 Å². The highest BCUT2D eigenvalue weighted by atomic mass is 16.5. The Bertz CT molecular complexity index is 1220. The molecule has 0 spiro atoms. The lowest BCUT2D eigenvalue weighted by Crippen LogP contribution is -2.30. The van der Waals surface area contributed by atoms with Crippen molar-refractivity contribution < 1.29 is 19.4 Å². The largest absolute Gasteiger partial charge is 0.493 e. The van der Waals surface area contributed by atoms with Crippen molar-refractivity contribution in [1.82, 2.24) is 15.3 Å². The molecule has 2 aromatic heterocycles. The maximum Gasteiger partial charge on any atom is 0.305 e. The molecule has 0 saturated heterocycles. The van der Waals surface area contributed by atoms with Gasteiger partial charge < -0.3 is 25.5 Å². The number of hydrogen-bond donors (Lipinski definition) is 4. The Labute approximate surface area is 197 Å². The highest BCUT2D eigenvalue weighted by Gasteiger charge is 2.22. The van der Waals surface area contributed by atoms with Crippen LogP contribution < -0.4 is 15.4 Å². The number of ether oxygens (including phenoxy) is 1. The van der Waals surface area contributed by atoms with E-state index in [4.69, 9.17) is 9.72 Å². The van der Waals surface area contributed by atoms with Crippen molar-refractivity contribution >= 4 is 17.7 Å². The SMILES string of the molecule is O=C(O)C[C@H](NC(=O)c1cc(CCc2ccc3c(n2)NCCC3)c[nH]1)c1ccc2c(c1)OCC2. The number of nitrogens with zero attached hydrogens (tertiary/aromatic N) is 1. The van der Waals surface area contributed by atoms with Crippen molar-refractivity contribution in [3.8, 4) is 5.75 Å². The number of anilines is 1. The number of carbonyl (C=O) groups excluding carboxylic acids is 1. The Morgan fingerprint density at radius 1 is 1.12 bits per heavy atom. The monoisotopic (exact) mass is 460 g/mol. The first kappa shape index (κ1) is 22.0. The fraction of sp³-hybridized carbons (Fsp3) is 0.346. The van der Waals surface area contributed by atoms with Crippen LogP contribution in [0.4, 0.5) is 5.82 Å². The van der Waals surface area contributed by atoms with E-state index in [1.807, 2.05) is 30.5 Å². The van der Waals surface area contributed by atoms with Gasteiger partial charge in [0.05, 0.1) is 19.1 Å². The van der Waals surface area contributed by atoms with E-state index >= 15 is 0 Å². The number of pyridine rings is 1. The van der Waals surface area contributed by atoms with E-state index in [1.54, 1.807) is 0 Å². The summed E-state index contributed by atoms with van der Waals surface area (Å²) in [5.41, 5.74) is 5.50. The van der Waals surface area contributed by atoms with Crippen LogP contribution in [0.2, 0.25) is 0 Å². The summed E-state index contributed by atoms with van der Waals surface area (Å²) in [5.74, 6) is 0.426. The first-order chi connectivity index (χ1) is 16.5. The van der Waals surface area contributed by atoms with Gasteiger partial charge in [0.15, 0.2) is 0 Å². The molecule has 34 heavy (non-hydrogen) atoms. The lowest BCUT2D eigenvalue weighted by Gasteiger charge is -2.18. The Morgan fingerprint density at radius 2 is 2.00 bits per heavy atom. The van der Waals surface area contributed by atoms with Gasteiger partial charge in [-0.3, -0.25) is 9.59 Å². The van der Waals surface area contributed by atoms with Crippen molar-refractivity contribution in [3.63, 3.8) is 0 Å². The molecule has 4 N–H and O–H groups in total. The summed E-state index contributed by atoms with van der Waals surface area (Å²) in [4.78, 5) is 32.1. The highest BCUT2D eigenvalue weighted by Crippen LogP contribution is 2.30. The van der Waals surface area contributed by atoms with Gasteiger partial charge in [0.1, 0.15) is 17.3 Å². The van der Waals surface area contributed by atoms with Crippen molar-refractivity contribution in [2.75, 3.05) is 18.5 Å². The number of H-pyrrole nitrogens is 1. The van der Waals surface area contributed by atoms with Crippen molar-refractivity contribution in [2.45, 2.75) is 44.6 Å². The Balaban J connectivity index is 1.23. The summed E-state index contributed by atoms with van der Waals surface area (Å²) in [6, 6.07) is 11.0. The summed E-state index contributed by atoms with van der Waals surface area (Å²) in [7, 11) is 0. The zero-order valence-electron chi connectivity index (χ0n) is 18.9. The number of aryl methyl sites for hydroxylation is 3. The maximum absolute atomic E-state index is 12.9. The average Bonchev–Trinajstić information content (AvgIpc) is 3.51. The lowest BCUT2D eigenvalue weighted by atomic mass is 10.0. The number of nitrogens with one attached hydrogen (secondary N) is 3. The van der Waals surface area contributed by atoms with E-state index in [1.165, 1.54) is 5.56 Å². The molecule has 4 heterocycles. The molecule has 3 aromatic rings. The normalized spacial score (nSPS) is 14.9. The van der Waals surface area contributed by atoms with Gasteiger partial charge in [-0.25, -0.2) is 4.98 Å². The molecule has 0 fully saturated rings. The molecular formula is C26H28N4O4. The maximum atomic E-state index is 12.9. The predicted molar refractivity (Wildman–Crippen MR) is 127 cm³/mol. The number of aliphatic carboxylic acids is 1. The number of hydrogen-bond acceptors (Lipinski definition) is 5. The number of benzene rings is 1. The minimum atomic E-state index is -0.981. The van der Waals surface area contributed by atoms with E-state index in [0.717, 1.165) is 72.6 Å². The Kier molecular flexibility index (Phi) is 6.20. The van der Waals surface area contributed by atoms with Crippen molar-refractivity contribution in [2.24, 2.45) is 0 Å². The Morgan fingerprint density at radius 3 is 2.88 bits per heavy atom. The third-order valence-corrected chi connectivity index (χ3v) is 6.42. The molecule has 0 radical (unpaired) electrons. The molecular weight excluding hydrogens is 432 g/mol. The van der Waals surface area contributed by atoms with Crippen LogP contribution in [-0.2, 0) is 30.5 Å². The van der Waals surface area contributed by atoms with E-state index in [9.17, 15) is 14.7 Å². The molecule has 0 bridgehead atoms. The zero-order chi connectivity index (χ0) is 23.5. The molecule has 5 rings (SSSR count). The van der Waals surface area contributed by atoms with Crippen LogP contribution in [-0.4, -0.2) is 40.1 Å². The summed E-state index contributed by atoms with van der Waals surface area (Å²) >= 11 is 0. The second kappa shape index (κ2) is 9.59. The summed E-state index contributed by atoms with van der Waals surface area (Å²) in [5, 5.41) is 15.6. The number of carboxylic acids is 1. The second-order valence-electron chi connectivity index (χ2n) is 8.85. The van der Waals surface area contributed by atoms with Crippen LogP contribution >= 0.6 is 0 Å². The number of rotatable bonds is 8. The summed E-state index contributed by atoms with van der Waals surface area (Å²) in [6.45, 7) is 1.58. The third-order valence-electron chi connectivity index (χ3n) is 6.42. The first-order valence-electron chi connectivity index (χ1n) is 11.7. The molecule has 8 nitrogen and oxygen atoms in total. The van der Waals surface area contributed by atoms with Gasteiger partial charge in [-0.1, -0.05) is 18.2 Å². The van der Waals surface area contributed by atoms with Gasteiger partial charge >= 0.3 is 5.97 Å². The molecule has 1 amide bonds. The predicted octanol–water partition coefficient (Wildman–Crippen LogP) is 3.43. The number of aromatic nitrogens is 2. The molecule has 0 saturated carbocycles. The van der Waals surface area contributed by atoms with Gasteiger partial charge in [-0.05, 0) is 66.1 Å². The fourth-order valence-corrected chi connectivity index (χ4v) is 4.56. The van der Waals surface area contributed by atoms with Gasteiger partial charge in [0.25, 0.3) is 5.91 Å². The fourth-order valence-electron chi connectivity index (χ4n) is 4.56. The van der Waals surface area contributed by atoms with E-state index in [2.05, 4.69) is 27.8 Å². The number of carbonyl (C=O) groups is 2. The lowest BCUT2D eigenvalue weighted by molar-refractivity contribution is -0.137. The minimum absolute atomic E-state index is 0.212. The van der Waals surface area contributed by atoms with Crippen LogP contribution in [0.5, 0.6) is 5.75 Å². The number of aromatic amines is 1. The molecule has 2 aliphatic rings. The smallest absolute Gasteiger partial charge is 0.305 e. The van der Waals surface area contributed by atoms with Crippen LogP contribution in [0.25, 0.3) is 0 Å². The van der Waals surface area contributed by atoms with E-state index in [-0.39, 0.29) is 12.3 Å². The van der Waals surface area contributed by atoms with Crippen LogP contribution in [0.1, 0.15) is 57.3 Å². The first-order valence-corrected chi connectivity index (χ1v) is 11.7. The molecule has 176 valence electrons. The van der Waals surface area contributed by atoms with Gasteiger partial charge in [-0.2, -0.15) is 0 Å². The number of carboxylic acid groups (broad SMARTS) is 1. The molecule has 2 aliphatic heterocycles. The van der Waals surface area contributed by atoms with Gasteiger partial charge in [0.2, 0.25) is 0 Å². The molecule has 1 aromatic carbocycles. The van der Waals surface area contributed by atoms with E-state index in [0.29, 0.717) is 12.3 Å². The molecule has 1 atom stereocenters. The molecule has 0 aliphatic carbocycles. The highest BCUT2D eigenvalue weighted by molar-refractivity contribution is 5.93. The van der Waals surface area contributed by atoms with Crippen LogP contribution in [0.3, 0.4) is 0 Å². The molecule has 0 unspecified atom stereocenters. The van der Waals surface area contributed by atoms with Gasteiger partial charge in [-0.15, -0.1) is 0 Å². The Hall–Kier alpha value is -3.81. The minimum Gasteiger partial charge on any atom is -0.493 e. The van der Waals surface area contributed by atoms with Crippen LogP contribution in [0, 0.1) is 0 Å². The van der Waals surface area contributed by atoms with Gasteiger partial charge in [0, 0.05) is 24.9 Å².